The summed E-state index contributed by atoms with van der Waals surface area (Å²) in [5, 5.41) is 5.46. The van der Waals surface area contributed by atoms with E-state index in [0.717, 1.165) is 5.82 Å². The van der Waals surface area contributed by atoms with Gasteiger partial charge in [-0.1, -0.05) is 0 Å². The van der Waals surface area contributed by atoms with Crippen molar-refractivity contribution in [2.45, 2.75) is 13.0 Å². The average molecular weight is 252 g/mol. The van der Waals surface area contributed by atoms with Gasteiger partial charge in [0.1, 0.15) is 5.82 Å². The van der Waals surface area contributed by atoms with Crippen molar-refractivity contribution in [1.82, 2.24) is 10.3 Å². The number of pyridine rings is 1. The second-order valence-electron chi connectivity index (χ2n) is 4.25. The number of nitrogens with one attached hydrogen (secondary N) is 2. The second-order valence-corrected chi connectivity index (χ2v) is 4.25. The number of urea groups is 1. The number of hydrogen-bond donors (Lipinski definition) is 2. The summed E-state index contributed by atoms with van der Waals surface area (Å²) in [7, 11) is 5.42. The Balaban J connectivity index is 2.49. The molecule has 0 aromatic carbocycles. The van der Waals surface area contributed by atoms with Crippen LogP contribution in [0.3, 0.4) is 0 Å². The van der Waals surface area contributed by atoms with Crippen molar-refractivity contribution in [2.24, 2.45) is 0 Å². The molecule has 1 atom stereocenters. The Bertz CT molecular complexity index is 378. The van der Waals surface area contributed by atoms with Gasteiger partial charge in [0.25, 0.3) is 0 Å². The van der Waals surface area contributed by atoms with Crippen LogP contribution in [0.2, 0.25) is 0 Å². The van der Waals surface area contributed by atoms with Crippen molar-refractivity contribution >= 4 is 17.5 Å². The van der Waals surface area contributed by atoms with E-state index in [9.17, 15) is 4.79 Å². The molecule has 0 radical (unpaired) electrons. The lowest BCUT2D eigenvalue weighted by molar-refractivity contribution is 0.173. The minimum atomic E-state index is -0.265. The molecule has 0 saturated carbocycles. The van der Waals surface area contributed by atoms with Gasteiger partial charge in [-0.25, -0.2) is 9.78 Å². The summed E-state index contributed by atoms with van der Waals surface area (Å²) in [6.45, 7) is 2.35. The number of nitrogens with zero attached hydrogens (tertiary/aromatic N) is 2. The molecular formula is C12H20N4O2. The minimum Gasteiger partial charge on any atom is -0.383 e. The molecule has 1 aromatic rings. The fourth-order valence-corrected chi connectivity index (χ4v) is 1.41. The first kappa shape index (κ1) is 14.2. The highest BCUT2D eigenvalue weighted by molar-refractivity contribution is 5.89. The van der Waals surface area contributed by atoms with Gasteiger partial charge in [-0.3, -0.25) is 0 Å². The van der Waals surface area contributed by atoms with Crippen LogP contribution >= 0.6 is 0 Å². The molecule has 0 saturated heterocycles. The second kappa shape index (κ2) is 6.80. The smallest absolute Gasteiger partial charge is 0.319 e. The Labute approximate surface area is 107 Å². The first-order chi connectivity index (χ1) is 8.52. The van der Waals surface area contributed by atoms with Gasteiger partial charge >= 0.3 is 6.03 Å². The average Bonchev–Trinajstić information content (AvgIpc) is 2.29. The summed E-state index contributed by atoms with van der Waals surface area (Å²) < 4.78 is 4.94. The Morgan fingerprint density at radius 3 is 2.72 bits per heavy atom. The van der Waals surface area contributed by atoms with Crippen LogP contribution in [0.1, 0.15) is 6.92 Å². The quantitative estimate of drug-likeness (QED) is 0.829. The maximum absolute atomic E-state index is 11.6. The molecule has 0 spiro atoms. The van der Waals surface area contributed by atoms with Crippen LogP contribution in [-0.2, 0) is 4.74 Å². The highest BCUT2D eigenvalue weighted by atomic mass is 16.5. The molecule has 2 amide bonds. The van der Waals surface area contributed by atoms with Crippen molar-refractivity contribution in [3.8, 4) is 0 Å². The third-order valence-electron chi connectivity index (χ3n) is 2.26. The highest BCUT2D eigenvalue weighted by Crippen LogP contribution is 2.11. The van der Waals surface area contributed by atoms with E-state index in [1.807, 2.05) is 38.1 Å². The number of aromatic nitrogens is 1. The molecular weight excluding hydrogens is 232 g/mol. The number of rotatable bonds is 5. The summed E-state index contributed by atoms with van der Waals surface area (Å²) in [6, 6.07) is 3.35. The molecule has 0 fully saturated rings. The zero-order valence-electron chi connectivity index (χ0n) is 11.2. The highest BCUT2D eigenvalue weighted by Gasteiger charge is 2.07. The molecule has 18 heavy (non-hydrogen) atoms. The van der Waals surface area contributed by atoms with Gasteiger partial charge < -0.3 is 20.3 Å². The molecule has 1 heterocycles. The fraction of sp³-hybridized carbons (Fsp3) is 0.500. The first-order valence-corrected chi connectivity index (χ1v) is 5.72. The molecule has 1 aromatic heterocycles. The predicted molar refractivity (Wildman–Crippen MR) is 72.1 cm³/mol. The Kier molecular flexibility index (Phi) is 5.38. The lowest BCUT2D eigenvalue weighted by atomic mass is 10.3. The van der Waals surface area contributed by atoms with Crippen LogP contribution in [0.15, 0.2) is 18.3 Å². The van der Waals surface area contributed by atoms with Gasteiger partial charge in [0.15, 0.2) is 0 Å². The van der Waals surface area contributed by atoms with Crippen molar-refractivity contribution in [1.29, 1.82) is 0 Å². The topological polar surface area (TPSA) is 66.5 Å². The van der Waals surface area contributed by atoms with E-state index in [1.165, 1.54) is 0 Å². The molecule has 0 aliphatic heterocycles. The third kappa shape index (κ3) is 4.58. The van der Waals surface area contributed by atoms with Crippen LogP contribution in [0.25, 0.3) is 0 Å². The number of methoxy groups -OCH3 is 1. The van der Waals surface area contributed by atoms with Crippen LogP contribution in [-0.4, -0.2) is 44.9 Å². The zero-order chi connectivity index (χ0) is 13.5. The molecule has 0 aliphatic carbocycles. The number of ether oxygens (including phenoxy) is 1. The standard InChI is InChI=1S/C12H20N4O2/c1-9(8-18-4)14-12(17)15-10-5-6-11(13-7-10)16(2)3/h5-7,9H,8H2,1-4H3,(H2,14,15,17). The molecule has 2 N–H and O–H groups in total. The molecule has 6 heteroatoms. The summed E-state index contributed by atoms with van der Waals surface area (Å²) in [4.78, 5) is 17.7. The number of hydrogen-bond acceptors (Lipinski definition) is 4. The summed E-state index contributed by atoms with van der Waals surface area (Å²) in [5.74, 6) is 0.841. The largest absolute Gasteiger partial charge is 0.383 e. The summed E-state index contributed by atoms with van der Waals surface area (Å²) in [6.07, 6.45) is 1.62. The lowest BCUT2D eigenvalue weighted by Crippen LogP contribution is -2.38. The number of carbonyl (C=O) groups excluding carboxylic acids is 1. The molecule has 0 aliphatic rings. The maximum Gasteiger partial charge on any atom is 0.319 e. The third-order valence-corrected chi connectivity index (χ3v) is 2.26. The van der Waals surface area contributed by atoms with E-state index in [1.54, 1.807) is 13.3 Å². The molecule has 1 rings (SSSR count). The Hall–Kier alpha value is -1.82. The van der Waals surface area contributed by atoms with Crippen molar-refractivity contribution in [3.05, 3.63) is 18.3 Å². The lowest BCUT2D eigenvalue weighted by Gasteiger charge is -2.14. The van der Waals surface area contributed by atoms with Crippen LogP contribution in [0.4, 0.5) is 16.3 Å². The van der Waals surface area contributed by atoms with Crippen molar-refractivity contribution in [3.63, 3.8) is 0 Å². The molecule has 6 nitrogen and oxygen atoms in total. The molecule has 0 bridgehead atoms. The van der Waals surface area contributed by atoms with E-state index in [4.69, 9.17) is 4.74 Å². The number of amides is 2. The fourth-order valence-electron chi connectivity index (χ4n) is 1.41. The molecule has 100 valence electrons. The maximum atomic E-state index is 11.6. The van der Waals surface area contributed by atoms with Gasteiger partial charge in [-0.05, 0) is 19.1 Å². The van der Waals surface area contributed by atoms with E-state index in [-0.39, 0.29) is 12.1 Å². The monoisotopic (exact) mass is 252 g/mol. The van der Waals surface area contributed by atoms with Crippen LogP contribution < -0.4 is 15.5 Å². The van der Waals surface area contributed by atoms with Gasteiger partial charge in [0.2, 0.25) is 0 Å². The van der Waals surface area contributed by atoms with Gasteiger partial charge in [-0.2, -0.15) is 0 Å². The van der Waals surface area contributed by atoms with E-state index >= 15 is 0 Å². The van der Waals surface area contributed by atoms with Gasteiger partial charge in [0, 0.05) is 21.2 Å². The number of anilines is 2. The van der Waals surface area contributed by atoms with Crippen molar-refractivity contribution < 1.29 is 9.53 Å². The number of carbonyl (C=O) groups is 1. The Morgan fingerprint density at radius 1 is 1.50 bits per heavy atom. The van der Waals surface area contributed by atoms with E-state index in [2.05, 4.69) is 15.6 Å². The summed E-state index contributed by atoms with van der Waals surface area (Å²) in [5.41, 5.74) is 0.655. The van der Waals surface area contributed by atoms with E-state index < -0.39 is 0 Å². The molecule has 1 unspecified atom stereocenters. The van der Waals surface area contributed by atoms with Crippen LogP contribution in [0, 0.1) is 0 Å². The van der Waals surface area contributed by atoms with Crippen molar-refractivity contribution in [2.75, 3.05) is 38.0 Å². The normalized spacial score (nSPS) is 11.8. The SMILES string of the molecule is COCC(C)NC(=O)Nc1ccc(N(C)C)nc1. The first-order valence-electron chi connectivity index (χ1n) is 5.72. The zero-order valence-corrected chi connectivity index (χ0v) is 11.2. The predicted octanol–water partition coefficient (Wildman–Crippen LogP) is 1.30. The minimum absolute atomic E-state index is 0.0380. The van der Waals surface area contributed by atoms with Crippen LogP contribution in [0.5, 0.6) is 0 Å². The summed E-state index contributed by atoms with van der Waals surface area (Å²) >= 11 is 0. The van der Waals surface area contributed by atoms with E-state index in [0.29, 0.717) is 12.3 Å². The van der Waals surface area contributed by atoms with Gasteiger partial charge in [-0.15, -0.1) is 0 Å². The van der Waals surface area contributed by atoms with Gasteiger partial charge in [0.05, 0.1) is 24.5 Å². The Morgan fingerprint density at radius 2 is 2.22 bits per heavy atom.